The molecular formula is C18H31N3O2. The lowest BCUT2D eigenvalue weighted by atomic mass is 9.88. The van der Waals surface area contributed by atoms with E-state index >= 15 is 0 Å². The van der Waals surface area contributed by atoms with Crippen LogP contribution in [0.1, 0.15) is 51.9 Å². The quantitative estimate of drug-likeness (QED) is 0.778. The standard InChI is InChI=1S/C18H31N3O2/c1-15(22)19-9-7-17(8-10-19)20-11-13-21(14-12-20)18(23)16-5-3-2-4-6-16/h16-17H,2-14H2,1H3. The predicted octanol–water partition coefficient (Wildman–Crippen LogP) is 1.72. The summed E-state index contributed by atoms with van der Waals surface area (Å²) in [4.78, 5) is 30.6. The second kappa shape index (κ2) is 7.65. The van der Waals surface area contributed by atoms with E-state index in [1.807, 2.05) is 4.90 Å². The van der Waals surface area contributed by atoms with E-state index in [1.54, 1.807) is 6.92 Å². The molecule has 3 fully saturated rings. The summed E-state index contributed by atoms with van der Waals surface area (Å²) in [6.07, 6.45) is 8.12. The number of hydrogen-bond acceptors (Lipinski definition) is 3. The number of piperazine rings is 1. The molecule has 3 aliphatic rings. The summed E-state index contributed by atoms with van der Waals surface area (Å²) < 4.78 is 0. The van der Waals surface area contributed by atoms with Crippen molar-refractivity contribution in [1.82, 2.24) is 14.7 Å². The summed E-state index contributed by atoms with van der Waals surface area (Å²) in [6.45, 7) is 7.23. The summed E-state index contributed by atoms with van der Waals surface area (Å²) in [6, 6.07) is 0.595. The summed E-state index contributed by atoms with van der Waals surface area (Å²) >= 11 is 0. The van der Waals surface area contributed by atoms with Gasteiger partial charge in [0.25, 0.3) is 0 Å². The maximum absolute atomic E-state index is 12.6. The highest BCUT2D eigenvalue weighted by Crippen LogP contribution is 2.26. The van der Waals surface area contributed by atoms with Crippen molar-refractivity contribution in [1.29, 1.82) is 0 Å². The van der Waals surface area contributed by atoms with E-state index in [1.165, 1.54) is 19.3 Å². The van der Waals surface area contributed by atoms with Crippen molar-refractivity contribution in [3.8, 4) is 0 Å². The second-order valence-corrected chi connectivity index (χ2v) is 7.43. The number of carbonyl (C=O) groups excluding carboxylic acids is 2. The lowest BCUT2D eigenvalue weighted by Gasteiger charge is -2.43. The average molecular weight is 321 g/mol. The monoisotopic (exact) mass is 321 g/mol. The van der Waals surface area contributed by atoms with Gasteiger partial charge in [-0.25, -0.2) is 0 Å². The Morgan fingerprint density at radius 3 is 1.91 bits per heavy atom. The fourth-order valence-corrected chi connectivity index (χ4v) is 4.46. The van der Waals surface area contributed by atoms with Crippen molar-refractivity contribution >= 4 is 11.8 Å². The maximum Gasteiger partial charge on any atom is 0.225 e. The molecule has 23 heavy (non-hydrogen) atoms. The molecule has 3 rings (SSSR count). The van der Waals surface area contributed by atoms with Gasteiger partial charge in [0.1, 0.15) is 0 Å². The summed E-state index contributed by atoms with van der Waals surface area (Å²) in [5.74, 6) is 0.913. The summed E-state index contributed by atoms with van der Waals surface area (Å²) in [7, 11) is 0. The fraction of sp³-hybridized carbons (Fsp3) is 0.889. The molecule has 2 amide bonds. The van der Waals surface area contributed by atoms with Crippen LogP contribution in [0.4, 0.5) is 0 Å². The van der Waals surface area contributed by atoms with Crippen molar-refractivity contribution in [3.63, 3.8) is 0 Å². The molecule has 0 aromatic rings. The Kier molecular flexibility index (Phi) is 5.57. The first kappa shape index (κ1) is 16.7. The molecule has 0 unspecified atom stereocenters. The van der Waals surface area contributed by atoms with Crippen LogP contribution in [0.3, 0.4) is 0 Å². The SMILES string of the molecule is CC(=O)N1CCC(N2CCN(C(=O)C3CCCCC3)CC2)CC1. The van der Waals surface area contributed by atoms with Crippen molar-refractivity contribution in [3.05, 3.63) is 0 Å². The Balaban J connectivity index is 1.43. The number of piperidine rings is 1. The third-order valence-electron chi connectivity index (χ3n) is 6.01. The van der Waals surface area contributed by atoms with Gasteiger partial charge in [0.2, 0.25) is 11.8 Å². The molecular weight excluding hydrogens is 290 g/mol. The predicted molar refractivity (Wildman–Crippen MR) is 90.0 cm³/mol. The third-order valence-corrected chi connectivity index (χ3v) is 6.01. The van der Waals surface area contributed by atoms with Gasteiger partial charge >= 0.3 is 0 Å². The number of hydrogen-bond donors (Lipinski definition) is 0. The molecule has 0 aromatic carbocycles. The lowest BCUT2D eigenvalue weighted by molar-refractivity contribution is -0.139. The highest BCUT2D eigenvalue weighted by atomic mass is 16.2. The van der Waals surface area contributed by atoms with E-state index in [9.17, 15) is 9.59 Å². The van der Waals surface area contributed by atoms with Gasteiger partial charge in [-0.2, -0.15) is 0 Å². The zero-order valence-electron chi connectivity index (χ0n) is 14.5. The van der Waals surface area contributed by atoms with Crippen LogP contribution in [-0.2, 0) is 9.59 Å². The topological polar surface area (TPSA) is 43.9 Å². The smallest absolute Gasteiger partial charge is 0.225 e. The van der Waals surface area contributed by atoms with Crippen LogP contribution in [-0.4, -0.2) is 71.8 Å². The minimum atomic E-state index is 0.200. The van der Waals surface area contributed by atoms with Crippen LogP contribution in [0.2, 0.25) is 0 Å². The van der Waals surface area contributed by atoms with Crippen molar-refractivity contribution < 1.29 is 9.59 Å². The molecule has 2 heterocycles. The molecule has 130 valence electrons. The first-order valence-corrected chi connectivity index (χ1v) is 9.43. The number of carbonyl (C=O) groups is 2. The molecule has 5 nitrogen and oxygen atoms in total. The van der Waals surface area contributed by atoms with Gasteiger partial charge in [0.15, 0.2) is 0 Å². The first-order chi connectivity index (χ1) is 11.1. The van der Waals surface area contributed by atoms with Gasteiger partial charge in [-0.15, -0.1) is 0 Å². The highest BCUT2D eigenvalue weighted by molar-refractivity contribution is 5.79. The maximum atomic E-state index is 12.6. The molecule has 2 aliphatic heterocycles. The Labute approximate surface area is 140 Å². The van der Waals surface area contributed by atoms with Gasteiger partial charge < -0.3 is 9.80 Å². The van der Waals surface area contributed by atoms with Gasteiger partial charge in [-0.3, -0.25) is 14.5 Å². The largest absolute Gasteiger partial charge is 0.343 e. The van der Waals surface area contributed by atoms with Gasteiger partial charge in [-0.05, 0) is 25.7 Å². The molecule has 0 atom stereocenters. The van der Waals surface area contributed by atoms with Gasteiger partial charge in [0, 0.05) is 58.2 Å². The third kappa shape index (κ3) is 4.06. The van der Waals surface area contributed by atoms with Crippen LogP contribution < -0.4 is 0 Å². The van der Waals surface area contributed by atoms with E-state index in [2.05, 4.69) is 9.80 Å². The summed E-state index contributed by atoms with van der Waals surface area (Å²) in [5, 5.41) is 0. The Morgan fingerprint density at radius 2 is 1.35 bits per heavy atom. The Bertz CT molecular complexity index is 418. The second-order valence-electron chi connectivity index (χ2n) is 7.43. The van der Waals surface area contributed by atoms with Crippen molar-refractivity contribution in [2.45, 2.75) is 57.9 Å². The van der Waals surface area contributed by atoms with E-state index in [4.69, 9.17) is 0 Å². The minimum absolute atomic E-state index is 0.200. The number of nitrogens with zero attached hydrogens (tertiary/aromatic N) is 3. The van der Waals surface area contributed by atoms with Gasteiger partial charge in [0.05, 0.1) is 0 Å². The molecule has 1 saturated carbocycles. The number of amides is 2. The van der Waals surface area contributed by atoms with E-state index in [-0.39, 0.29) is 5.91 Å². The molecule has 0 aromatic heterocycles. The van der Waals surface area contributed by atoms with Crippen LogP contribution in [0.25, 0.3) is 0 Å². The van der Waals surface area contributed by atoms with Crippen LogP contribution in [0.5, 0.6) is 0 Å². The molecule has 0 bridgehead atoms. The number of likely N-dealkylation sites (tertiary alicyclic amines) is 1. The van der Waals surface area contributed by atoms with Crippen LogP contribution in [0, 0.1) is 5.92 Å². The van der Waals surface area contributed by atoms with Gasteiger partial charge in [-0.1, -0.05) is 19.3 Å². The Hall–Kier alpha value is -1.10. The Morgan fingerprint density at radius 1 is 0.739 bits per heavy atom. The highest BCUT2D eigenvalue weighted by Gasteiger charge is 2.31. The average Bonchev–Trinajstić information content (AvgIpc) is 2.62. The fourth-order valence-electron chi connectivity index (χ4n) is 4.46. The van der Waals surface area contributed by atoms with Crippen LogP contribution >= 0.6 is 0 Å². The zero-order chi connectivity index (χ0) is 16.2. The normalized spacial score (nSPS) is 25.6. The molecule has 5 heteroatoms. The van der Waals surface area contributed by atoms with Crippen molar-refractivity contribution in [2.75, 3.05) is 39.3 Å². The molecule has 1 aliphatic carbocycles. The molecule has 0 radical (unpaired) electrons. The minimum Gasteiger partial charge on any atom is -0.343 e. The van der Waals surface area contributed by atoms with E-state index in [0.29, 0.717) is 17.9 Å². The van der Waals surface area contributed by atoms with E-state index < -0.39 is 0 Å². The lowest BCUT2D eigenvalue weighted by Crippen LogP contribution is -2.55. The number of rotatable bonds is 2. The van der Waals surface area contributed by atoms with Crippen molar-refractivity contribution in [2.24, 2.45) is 5.92 Å². The zero-order valence-corrected chi connectivity index (χ0v) is 14.5. The van der Waals surface area contributed by atoms with E-state index in [0.717, 1.165) is 65.0 Å². The van der Waals surface area contributed by atoms with Crippen LogP contribution in [0.15, 0.2) is 0 Å². The molecule has 0 spiro atoms. The first-order valence-electron chi connectivity index (χ1n) is 9.43. The molecule has 2 saturated heterocycles. The molecule has 0 N–H and O–H groups in total. The summed E-state index contributed by atoms with van der Waals surface area (Å²) in [5.41, 5.74) is 0.